The number of carbonyl (C=O) groups excluding carboxylic acids is 3. The van der Waals surface area contributed by atoms with E-state index in [0.29, 0.717) is 48.4 Å². The van der Waals surface area contributed by atoms with Crippen LogP contribution in [0.4, 0.5) is 5.13 Å². The molecule has 0 radical (unpaired) electrons. The minimum Gasteiger partial charge on any atom is -0.496 e. The summed E-state index contributed by atoms with van der Waals surface area (Å²) in [4.78, 5) is 50.3. The Hall–Kier alpha value is -3.64. The van der Waals surface area contributed by atoms with Gasteiger partial charge in [0.2, 0.25) is 5.91 Å². The summed E-state index contributed by atoms with van der Waals surface area (Å²) in [6, 6.07) is 3.67. The van der Waals surface area contributed by atoms with Crippen LogP contribution in [-0.2, 0) is 11.8 Å². The van der Waals surface area contributed by atoms with Crippen LogP contribution in [0.1, 0.15) is 26.5 Å². The Labute approximate surface area is 217 Å². The van der Waals surface area contributed by atoms with Gasteiger partial charge in [0.25, 0.3) is 11.8 Å². The predicted molar refractivity (Wildman–Crippen MR) is 138 cm³/mol. The van der Waals surface area contributed by atoms with Gasteiger partial charge in [-0.1, -0.05) is 29.7 Å². The lowest BCUT2D eigenvalue weighted by Crippen LogP contribution is -2.50. The number of nitrogens with one attached hydrogen (secondary N) is 1. The van der Waals surface area contributed by atoms with E-state index in [0.717, 1.165) is 14.7 Å². The summed E-state index contributed by atoms with van der Waals surface area (Å²) in [6.45, 7) is 7.26. The van der Waals surface area contributed by atoms with Crippen molar-refractivity contribution in [1.82, 2.24) is 24.3 Å². The maximum Gasteiger partial charge on any atom is 0.293 e. The van der Waals surface area contributed by atoms with Gasteiger partial charge in [-0.25, -0.2) is 9.97 Å². The normalized spacial score (nSPS) is 13.4. The number of aromatic nitrogens is 3. The van der Waals surface area contributed by atoms with Crippen molar-refractivity contribution in [2.45, 2.75) is 16.0 Å². The van der Waals surface area contributed by atoms with E-state index in [1.807, 2.05) is 19.1 Å². The predicted octanol–water partition coefficient (Wildman–Crippen LogP) is 3.07. The number of hydrogen-bond donors (Lipinski definition) is 1. The highest BCUT2D eigenvalue weighted by molar-refractivity contribution is 8.01. The summed E-state index contributed by atoms with van der Waals surface area (Å²) in [5.41, 5.74) is 1.41. The number of nitrogens with zero attached hydrogens (tertiary/aromatic N) is 5. The monoisotopic (exact) mass is 526 g/mol. The van der Waals surface area contributed by atoms with E-state index in [-0.39, 0.29) is 17.7 Å². The number of aryl methyl sites for hydroxylation is 2. The van der Waals surface area contributed by atoms with Crippen molar-refractivity contribution < 1.29 is 19.1 Å². The molecule has 0 atom stereocenters. The van der Waals surface area contributed by atoms with Gasteiger partial charge in [0.15, 0.2) is 11.0 Å². The zero-order valence-electron chi connectivity index (χ0n) is 20.2. The maximum absolute atomic E-state index is 13.4. The standard InChI is InChI=1S/C24H26N6O4S2/c1-5-19(31)29-8-10-30(11-9-29)23(33)16-13-18(15(2)12-17(16)34-4)35-20-14-26-24(36-20)27-22(32)21-25-6-7-28(21)3/h5-7,12-14H,1,8-11H2,2-4H3,(H,26,27,32). The highest BCUT2D eigenvalue weighted by atomic mass is 32.2. The minimum atomic E-state index is -0.336. The molecule has 1 aliphatic rings. The molecule has 1 N–H and O–H groups in total. The molecule has 0 bridgehead atoms. The number of carbonyl (C=O) groups is 3. The largest absolute Gasteiger partial charge is 0.496 e. The second kappa shape index (κ2) is 11.0. The third-order valence-electron chi connectivity index (χ3n) is 5.72. The van der Waals surface area contributed by atoms with E-state index in [2.05, 4.69) is 21.9 Å². The first-order chi connectivity index (χ1) is 17.3. The molecule has 12 heteroatoms. The number of methoxy groups -OCH3 is 1. The molecule has 3 heterocycles. The zero-order valence-corrected chi connectivity index (χ0v) is 21.8. The van der Waals surface area contributed by atoms with Gasteiger partial charge in [0.1, 0.15) is 5.75 Å². The quantitative estimate of drug-likeness (QED) is 0.471. The van der Waals surface area contributed by atoms with Crippen LogP contribution in [0.25, 0.3) is 0 Å². The van der Waals surface area contributed by atoms with Crippen LogP contribution in [0.5, 0.6) is 5.75 Å². The van der Waals surface area contributed by atoms with Crippen molar-refractivity contribution in [1.29, 1.82) is 0 Å². The van der Waals surface area contributed by atoms with Crippen LogP contribution in [0.2, 0.25) is 0 Å². The van der Waals surface area contributed by atoms with Gasteiger partial charge in [0, 0.05) is 50.5 Å². The van der Waals surface area contributed by atoms with Crippen LogP contribution >= 0.6 is 23.1 Å². The molecule has 36 heavy (non-hydrogen) atoms. The molecule has 10 nitrogen and oxygen atoms in total. The van der Waals surface area contributed by atoms with Crippen LogP contribution in [0, 0.1) is 6.92 Å². The highest BCUT2D eigenvalue weighted by Gasteiger charge is 2.26. The molecule has 188 valence electrons. The second-order valence-electron chi connectivity index (χ2n) is 8.04. The molecular weight excluding hydrogens is 500 g/mol. The second-order valence-corrected chi connectivity index (χ2v) is 10.4. The highest BCUT2D eigenvalue weighted by Crippen LogP contribution is 2.38. The molecule has 4 rings (SSSR count). The van der Waals surface area contributed by atoms with Crippen LogP contribution < -0.4 is 10.1 Å². The van der Waals surface area contributed by atoms with Gasteiger partial charge < -0.3 is 19.1 Å². The van der Waals surface area contributed by atoms with Crippen molar-refractivity contribution in [3.05, 3.63) is 60.3 Å². The van der Waals surface area contributed by atoms with Gasteiger partial charge >= 0.3 is 0 Å². The molecule has 1 saturated heterocycles. The summed E-state index contributed by atoms with van der Waals surface area (Å²) in [5, 5.41) is 3.23. The van der Waals surface area contributed by atoms with Gasteiger partial charge in [-0.05, 0) is 30.7 Å². The zero-order chi connectivity index (χ0) is 25.8. The molecule has 0 spiro atoms. The number of ether oxygens (including phenoxy) is 1. The lowest BCUT2D eigenvalue weighted by Gasteiger charge is -2.34. The number of amides is 3. The third-order valence-corrected chi connectivity index (χ3v) is 7.89. The Bertz CT molecular complexity index is 1310. The summed E-state index contributed by atoms with van der Waals surface area (Å²) >= 11 is 2.80. The smallest absolute Gasteiger partial charge is 0.293 e. The summed E-state index contributed by atoms with van der Waals surface area (Å²) in [5.74, 6) is 0.180. The fourth-order valence-corrected chi connectivity index (χ4v) is 5.68. The molecule has 3 amide bonds. The fraction of sp³-hybridized carbons (Fsp3) is 0.292. The molecule has 0 aliphatic carbocycles. The van der Waals surface area contributed by atoms with E-state index < -0.39 is 0 Å². The molecule has 3 aromatic rings. The van der Waals surface area contributed by atoms with E-state index >= 15 is 0 Å². The van der Waals surface area contributed by atoms with Crippen LogP contribution in [0.15, 0.2) is 52.5 Å². The Morgan fingerprint density at radius 2 is 1.89 bits per heavy atom. The summed E-state index contributed by atoms with van der Waals surface area (Å²) < 4.78 is 8.00. The first kappa shape index (κ1) is 25.5. The van der Waals surface area contributed by atoms with Crippen molar-refractivity contribution >= 4 is 46.0 Å². The number of benzene rings is 1. The van der Waals surface area contributed by atoms with Gasteiger partial charge in [-0.3, -0.25) is 19.7 Å². The number of anilines is 1. The Morgan fingerprint density at radius 1 is 1.17 bits per heavy atom. The molecule has 1 aliphatic heterocycles. The van der Waals surface area contributed by atoms with Crippen LogP contribution in [0.3, 0.4) is 0 Å². The Kier molecular flexibility index (Phi) is 7.75. The third kappa shape index (κ3) is 5.44. The first-order valence-corrected chi connectivity index (χ1v) is 12.8. The van der Waals surface area contributed by atoms with Gasteiger partial charge in [0.05, 0.1) is 23.1 Å². The average Bonchev–Trinajstić information content (AvgIpc) is 3.52. The van der Waals surface area contributed by atoms with E-state index in [1.54, 1.807) is 47.1 Å². The minimum absolute atomic E-state index is 0.131. The molecule has 1 fully saturated rings. The average molecular weight is 527 g/mol. The number of thiazole rings is 1. The van der Waals surface area contributed by atoms with Gasteiger partial charge in [-0.2, -0.15) is 0 Å². The molecule has 0 saturated carbocycles. The summed E-state index contributed by atoms with van der Waals surface area (Å²) in [7, 11) is 3.29. The molecule has 0 unspecified atom stereocenters. The molecule has 2 aromatic heterocycles. The fourth-order valence-electron chi connectivity index (χ4n) is 3.75. The number of hydrogen-bond acceptors (Lipinski definition) is 8. The van der Waals surface area contributed by atoms with Crippen molar-refractivity contribution in [2.75, 3.05) is 38.6 Å². The van der Waals surface area contributed by atoms with E-state index in [9.17, 15) is 14.4 Å². The topological polar surface area (TPSA) is 110 Å². The lowest BCUT2D eigenvalue weighted by molar-refractivity contribution is -0.127. The Balaban J connectivity index is 1.48. The summed E-state index contributed by atoms with van der Waals surface area (Å²) in [6.07, 6.45) is 6.23. The van der Waals surface area contributed by atoms with E-state index in [1.165, 1.54) is 29.2 Å². The van der Waals surface area contributed by atoms with Gasteiger partial charge in [-0.15, -0.1) is 0 Å². The number of imidazole rings is 1. The first-order valence-electron chi connectivity index (χ1n) is 11.1. The maximum atomic E-state index is 13.4. The SMILES string of the molecule is C=CC(=O)N1CCN(C(=O)c2cc(Sc3cnc(NC(=O)c4nccn4C)s3)c(C)cc2OC)CC1. The van der Waals surface area contributed by atoms with Crippen LogP contribution in [-0.4, -0.2) is 75.3 Å². The number of piperazine rings is 1. The molecular formula is C24H26N6O4S2. The lowest BCUT2D eigenvalue weighted by atomic mass is 10.1. The van der Waals surface area contributed by atoms with Crippen molar-refractivity contribution in [3.8, 4) is 5.75 Å². The Morgan fingerprint density at radius 3 is 2.53 bits per heavy atom. The van der Waals surface area contributed by atoms with Crippen molar-refractivity contribution in [2.24, 2.45) is 7.05 Å². The molecule has 1 aromatic carbocycles. The number of rotatable bonds is 7. The van der Waals surface area contributed by atoms with E-state index in [4.69, 9.17) is 4.74 Å². The van der Waals surface area contributed by atoms with Crippen molar-refractivity contribution in [3.63, 3.8) is 0 Å².